The molecule has 1 aliphatic heterocycles. The number of hydrogen-bond acceptors (Lipinski definition) is 5. The van der Waals surface area contributed by atoms with E-state index in [-0.39, 0.29) is 11.3 Å². The largest absolute Gasteiger partial charge is 0.283 e. The number of nitro benzene ring substituents is 1. The van der Waals surface area contributed by atoms with Crippen molar-refractivity contribution in [1.29, 1.82) is 0 Å². The van der Waals surface area contributed by atoms with Gasteiger partial charge in [-0.15, -0.1) is 0 Å². The molecule has 0 bridgehead atoms. The van der Waals surface area contributed by atoms with Crippen LogP contribution in [0.15, 0.2) is 88.2 Å². The number of benzene rings is 3. The third kappa shape index (κ3) is 4.34. The number of nitrogens with zero attached hydrogens (tertiary/aromatic N) is 2. The third-order valence-corrected chi connectivity index (χ3v) is 5.72. The molecule has 4 rings (SSSR count). The van der Waals surface area contributed by atoms with Crippen LogP contribution in [0.4, 0.5) is 11.4 Å². The van der Waals surface area contributed by atoms with Crippen LogP contribution in [0.1, 0.15) is 11.1 Å². The number of carbonyl (C=O) groups excluding carboxylic acids is 2. The van der Waals surface area contributed by atoms with Crippen molar-refractivity contribution in [3.8, 4) is 0 Å². The van der Waals surface area contributed by atoms with Crippen LogP contribution in [0, 0.1) is 17.0 Å². The Morgan fingerprint density at radius 1 is 1.00 bits per heavy atom. The molecule has 154 valence electrons. The predicted molar refractivity (Wildman–Crippen MR) is 118 cm³/mol. The molecule has 2 amide bonds. The van der Waals surface area contributed by atoms with E-state index in [4.69, 9.17) is 0 Å². The maximum Gasteiger partial charge on any atom is 0.283 e. The molecule has 1 saturated heterocycles. The van der Waals surface area contributed by atoms with E-state index in [1.54, 1.807) is 42.5 Å². The lowest BCUT2D eigenvalue weighted by Gasteiger charge is -2.13. The molecule has 8 heteroatoms. The molecule has 0 aliphatic carbocycles. The Bertz CT molecular complexity index is 1210. The molecule has 0 spiro atoms. The highest BCUT2D eigenvalue weighted by atomic mass is 32.2. The van der Waals surface area contributed by atoms with Gasteiger partial charge in [0.15, 0.2) is 0 Å². The second-order valence-electron chi connectivity index (χ2n) is 6.87. The summed E-state index contributed by atoms with van der Waals surface area (Å²) in [4.78, 5) is 37.6. The van der Waals surface area contributed by atoms with E-state index in [1.165, 1.54) is 23.9 Å². The number of para-hydroxylation sites is 1. The first kappa shape index (κ1) is 20.4. The lowest BCUT2D eigenvalue weighted by molar-refractivity contribution is -0.387. The summed E-state index contributed by atoms with van der Waals surface area (Å²) >= 11 is 1.28. The number of rotatable bonds is 5. The quantitative estimate of drug-likeness (QED) is 0.278. The van der Waals surface area contributed by atoms with Crippen molar-refractivity contribution in [2.24, 2.45) is 0 Å². The first-order chi connectivity index (χ1) is 14.9. The zero-order chi connectivity index (χ0) is 22.0. The highest BCUT2D eigenvalue weighted by molar-refractivity contribution is 7.99. The van der Waals surface area contributed by atoms with Gasteiger partial charge in [0.25, 0.3) is 17.5 Å². The van der Waals surface area contributed by atoms with Crippen molar-refractivity contribution >= 4 is 41.0 Å². The SMILES string of the molecule is Cc1ccc(Sc2ccc(C=C3C(=O)NN(c4ccccc4)C3=O)cc2[N+](=O)[O-])cc1. The summed E-state index contributed by atoms with van der Waals surface area (Å²) in [6, 6.07) is 21.0. The molecule has 1 N–H and O–H groups in total. The highest BCUT2D eigenvalue weighted by Gasteiger charge is 2.34. The Hall–Kier alpha value is -3.91. The minimum absolute atomic E-state index is 0.0860. The number of nitro groups is 1. The normalized spacial score (nSPS) is 14.7. The van der Waals surface area contributed by atoms with Gasteiger partial charge in [0.1, 0.15) is 5.57 Å². The van der Waals surface area contributed by atoms with Crippen LogP contribution in [0.3, 0.4) is 0 Å². The van der Waals surface area contributed by atoms with E-state index in [0.717, 1.165) is 15.5 Å². The Balaban J connectivity index is 1.64. The molecule has 0 aromatic heterocycles. The molecule has 0 saturated carbocycles. The molecule has 3 aromatic carbocycles. The minimum Gasteiger partial charge on any atom is -0.267 e. The van der Waals surface area contributed by atoms with Gasteiger partial charge in [-0.25, -0.2) is 5.01 Å². The molecule has 0 unspecified atom stereocenters. The van der Waals surface area contributed by atoms with E-state index in [1.807, 2.05) is 31.2 Å². The van der Waals surface area contributed by atoms with Gasteiger partial charge < -0.3 is 0 Å². The summed E-state index contributed by atoms with van der Waals surface area (Å²) in [6.45, 7) is 1.97. The first-order valence-electron chi connectivity index (χ1n) is 9.37. The fourth-order valence-electron chi connectivity index (χ4n) is 3.07. The van der Waals surface area contributed by atoms with Crippen LogP contribution in [-0.4, -0.2) is 16.7 Å². The molecule has 1 aliphatic rings. The summed E-state index contributed by atoms with van der Waals surface area (Å²) in [5.74, 6) is -1.08. The van der Waals surface area contributed by atoms with Crippen molar-refractivity contribution in [3.63, 3.8) is 0 Å². The van der Waals surface area contributed by atoms with E-state index in [9.17, 15) is 19.7 Å². The van der Waals surface area contributed by atoms with Crippen molar-refractivity contribution in [2.45, 2.75) is 16.7 Å². The minimum atomic E-state index is -0.561. The fourth-order valence-corrected chi connectivity index (χ4v) is 3.97. The number of aryl methyl sites for hydroxylation is 1. The highest BCUT2D eigenvalue weighted by Crippen LogP contribution is 2.36. The molecule has 1 fully saturated rings. The van der Waals surface area contributed by atoms with E-state index < -0.39 is 16.7 Å². The summed E-state index contributed by atoms with van der Waals surface area (Å²) < 4.78 is 0. The van der Waals surface area contributed by atoms with E-state index in [2.05, 4.69) is 5.43 Å². The van der Waals surface area contributed by atoms with Gasteiger partial charge in [-0.05, 0) is 48.9 Å². The number of amides is 2. The maximum atomic E-state index is 12.7. The van der Waals surface area contributed by atoms with Crippen molar-refractivity contribution in [2.75, 3.05) is 5.01 Å². The lowest BCUT2D eigenvalue weighted by Crippen LogP contribution is -2.35. The second-order valence-corrected chi connectivity index (χ2v) is 7.99. The number of hydrazine groups is 1. The van der Waals surface area contributed by atoms with Crippen LogP contribution in [-0.2, 0) is 9.59 Å². The standard InChI is InChI=1S/C23H17N3O4S/c1-15-7-10-18(11-8-15)31-21-12-9-16(14-20(21)26(29)30)13-19-22(27)24-25(23(19)28)17-5-3-2-4-6-17/h2-14H,1H3,(H,24,27). The fraction of sp³-hybridized carbons (Fsp3) is 0.0435. The van der Waals surface area contributed by atoms with Gasteiger partial charge in [0, 0.05) is 11.0 Å². The number of hydrogen-bond donors (Lipinski definition) is 1. The molecule has 0 radical (unpaired) electrons. The van der Waals surface area contributed by atoms with Gasteiger partial charge in [-0.2, -0.15) is 0 Å². The Morgan fingerprint density at radius 3 is 2.39 bits per heavy atom. The molecule has 31 heavy (non-hydrogen) atoms. The van der Waals surface area contributed by atoms with Crippen molar-refractivity contribution in [1.82, 2.24) is 5.43 Å². The molecular weight excluding hydrogens is 414 g/mol. The Labute approximate surface area is 182 Å². The van der Waals surface area contributed by atoms with Crippen LogP contribution >= 0.6 is 11.8 Å². The topological polar surface area (TPSA) is 92.6 Å². The van der Waals surface area contributed by atoms with Crippen LogP contribution in [0.25, 0.3) is 6.08 Å². The molecule has 7 nitrogen and oxygen atoms in total. The summed E-state index contributed by atoms with van der Waals surface area (Å²) in [7, 11) is 0. The van der Waals surface area contributed by atoms with Crippen molar-refractivity contribution in [3.05, 3.63) is 99.6 Å². The van der Waals surface area contributed by atoms with Crippen LogP contribution in [0.5, 0.6) is 0 Å². The Kier molecular flexibility index (Phi) is 5.55. The molecular formula is C23H17N3O4S. The average Bonchev–Trinajstić information content (AvgIpc) is 3.05. The van der Waals surface area contributed by atoms with Gasteiger partial charge in [0.2, 0.25) is 0 Å². The second kappa shape index (κ2) is 8.45. The van der Waals surface area contributed by atoms with Crippen LogP contribution < -0.4 is 10.4 Å². The van der Waals surface area contributed by atoms with Gasteiger partial charge >= 0.3 is 0 Å². The molecule has 0 atom stereocenters. The maximum absolute atomic E-state index is 12.7. The van der Waals surface area contributed by atoms with Crippen LogP contribution in [0.2, 0.25) is 0 Å². The average molecular weight is 431 g/mol. The lowest BCUT2D eigenvalue weighted by atomic mass is 10.1. The number of carbonyl (C=O) groups is 2. The van der Waals surface area contributed by atoms with Gasteiger partial charge in [0.05, 0.1) is 15.5 Å². The number of anilines is 1. The monoisotopic (exact) mass is 431 g/mol. The molecule has 3 aromatic rings. The van der Waals surface area contributed by atoms with Crippen molar-refractivity contribution < 1.29 is 14.5 Å². The zero-order valence-corrected chi connectivity index (χ0v) is 17.3. The van der Waals surface area contributed by atoms with Gasteiger partial charge in [-0.1, -0.05) is 53.7 Å². The summed E-state index contributed by atoms with van der Waals surface area (Å²) in [5, 5.41) is 12.8. The number of nitrogens with one attached hydrogen (secondary N) is 1. The zero-order valence-electron chi connectivity index (χ0n) is 16.4. The van der Waals surface area contributed by atoms with Gasteiger partial charge in [-0.3, -0.25) is 25.1 Å². The third-order valence-electron chi connectivity index (χ3n) is 4.65. The first-order valence-corrected chi connectivity index (χ1v) is 10.2. The Morgan fingerprint density at radius 2 is 1.71 bits per heavy atom. The van der Waals surface area contributed by atoms with E-state index in [0.29, 0.717) is 16.1 Å². The predicted octanol–water partition coefficient (Wildman–Crippen LogP) is 4.52. The summed E-state index contributed by atoms with van der Waals surface area (Å²) in [5.41, 5.74) is 4.36. The smallest absolute Gasteiger partial charge is 0.267 e. The van der Waals surface area contributed by atoms with E-state index >= 15 is 0 Å². The summed E-state index contributed by atoms with van der Waals surface area (Å²) in [6.07, 6.45) is 1.37. The molecule has 1 heterocycles.